The second kappa shape index (κ2) is 5.35. The molecule has 0 saturated carbocycles. The molecule has 1 aromatic heterocycles. The van der Waals surface area contributed by atoms with Crippen molar-refractivity contribution in [3.05, 3.63) is 12.4 Å². The van der Waals surface area contributed by atoms with Crippen LogP contribution in [-0.4, -0.2) is 60.5 Å². The third-order valence-electron chi connectivity index (χ3n) is 3.02. The molecule has 1 aliphatic heterocycles. The summed E-state index contributed by atoms with van der Waals surface area (Å²) in [6.07, 6.45) is 3.42. The first kappa shape index (κ1) is 13.5. The third kappa shape index (κ3) is 2.56. The number of aromatic nitrogens is 2. The molecule has 8 heteroatoms. The minimum absolute atomic E-state index is 0.0349. The fourth-order valence-corrected chi connectivity index (χ4v) is 3.40. The summed E-state index contributed by atoms with van der Waals surface area (Å²) in [5.74, 6) is 0. The first-order valence-corrected chi connectivity index (χ1v) is 7.18. The monoisotopic (exact) mass is 275 g/mol. The maximum atomic E-state index is 12.3. The van der Waals surface area contributed by atoms with Gasteiger partial charge in [-0.3, -0.25) is 4.68 Å². The Bertz CT molecular complexity index is 499. The van der Waals surface area contributed by atoms with Crippen LogP contribution in [0.2, 0.25) is 0 Å². The molecule has 2 rings (SSSR count). The maximum Gasteiger partial charge on any atom is 0.246 e. The predicted molar refractivity (Wildman–Crippen MR) is 63.5 cm³/mol. The molecule has 0 aromatic carbocycles. The van der Waals surface area contributed by atoms with E-state index < -0.39 is 10.0 Å². The van der Waals surface area contributed by atoms with Crippen LogP contribution in [0.5, 0.6) is 0 Å². The zero-order valence-electron chi connectivity index (χ0n) is 10.2. The maximum absolute atomic E-state index is 12.3. The summed E-state index contributed by atoms with van der Waals surface area (Å²) in [6.45, 7) is 1.06. The summed E-state index contributed by atoms with van der Waals surface area (Å²) >= 11 is 0. The zero-order chi connectivity index (χ0) is 13.2. The van der Waals surface area contributed by atoms with Crippen LogP contribution in [0.4, 0.5) is 0 Å². The van der Waals surface area contributed by atoms with Crippen LogP contribution >= 0.6 is 0 Å². The largest absolute Gasteiger partial charge is 0.394 e. The summed E-state index contributed by atoms with van der Waals surface area (Å²) in [7, 11) is -1.91. The number of methoxy groups -OCH3 is 1. The molecule has 0 bridgehead atoms. The highest BCUT2D eigenvalue weighted by molar-refractivity contribution is 7.89. The van der Waals surface area contributed by atoms with E-state index in [1.165, 1.54) is 21.4 Å². The SMILES string of the molecule is COC1CCN(S(=O)(=O)c2cnn(CCO)c2)C1. The van der Waals surface area contributed by atoms with Crippen molar-refractivity contribution >= 4 is 10.0 Å². The third-order valence-corrected chi connectivity index (χ3v) is 4.84. The highest BCUT2D eigenvalue weighted by Crippen LogP contribution is 2.21. The predicted octanol–water partition coefficient (Wildman–Crippen LogP) is -0.715. The van der Waals surface area contributed by atoms with Crippen LogP contribution in [0, 0.1) is 0 Å². The molecule has 0 radical (unpaired) electrons. The lowest BCUT2D eigenvalue weighted by atomic mass is 10.3. The standard InChI is InChI=1S/C10H17N3O4S/c1-17-9-2-3-13(7-9)18(15,16)10-6-11-12(8-10)4-5-14/h6,8-9,14H,2-5,7H2,1H3. The Balaban J connectivity index is 2.15. The Morgan fingerprint density at radius 1 is 1.61 bits per heavy atom. The van der Waals surface area contributed by atoms with Gasteiger partial charge in [0, 0.05) is 26.4 Å². The number of nitrogens with zero attached hydrogens (tertiary/aromatic N) is 3. The van der Waals surface area contributed by atoms with Crippen molar-refractivity contribution in [1.29, 1.82) is 0 Å². The molecule has 102 valence electrons. The Labute approximate surface area is 106 Å². The lowest BCUT2D eigenvalue weighted by molar-refractivity contribution is 0.115. The number of hydrogen-bond donors (Lipinski definition) is 1. The zero-order valence-corrected chi connectivity index (χ0v) is 11.0. The minimum atomic E-state index is -3.49. The van der Waals surface area contributed by atoms with Crippen molar-refractivity contribution in [2.24, 2.45) is 0 Å². The van der Waals surface area contributed by atoms with Gasteiger partial charge < -0.3 is 9.84 Å². The van der Waals surface area contributed by atoms with Gasteiger partial charge in [0.05, 0.1) is 25.5 Å². The number of aliphatic hydroxyl groups is 1. The van der Waals surface area contributed by atoms with Gasteiger partial charge in [-0.25, -0.2) is 8.42 Å². The van der Waals surface area contributed by atoms with Crippen molar-refractivity contribution in [3.8, 4) is 0 Å². The van der Waals surface area contributed by atoms with Crippen LogP contribution in [0.3, 0.4) is 0 Å². The molecule has 0 amide bonds. The summed E-state index contributed by atoms with van der Waals surface area (Å²) in [6, 6.07) is 0. The fraction of sp³-hybridized carbons (Fsp3) is 0.700. The van der Waals surface area contributed by atoms with Gasteiger partial charge in [0.25, 0.3) is 0 Å². The second-order valence-electron chi connectivity index (χ2n) is 4.17. The van der Waals surface area contributed by atoms with Crippen molar-refractivity contribution in [2.75, 3.05) is 26.8 Å². The van der Waals surface area contributed by atoms with Crippen LogP contribution < -0.4 is 0 Å². The molecule has 1 atom stereocenters. The first-order chi connectivity index (χ1) is 8.57. The number of aliphatic hydroxyl groups excluding tert-OH is 1. The lowest BCUT2D eigenvalue weighted by Crippen LogP contribution is -2.29. The lowest BCUT2D eigenvalue weighted by Gasteiger charge is -2.14. The van der Waals surface area contributed by atoms with Gasteiger partial charge in [-0.15, -0.1) is 0 Å². The second-order valence-corrected chi connectivity index (χ2v) is 6.11. The van der Waals surface area contributed by atoms with E-state index in [4.69, 9.17) is 9.84 Å². The van der Waals surface area contributed by atoms with Gasteiger partial charge in [-0.05, 0) is 6.42 Å². The van der Waals surface area contributed by atoms with E-state index in [2.05, 4.69) is 5.10 Å². The molecule has 1 N–H and O–H groups in total. The van der Waals surface area contributed by atoms with Gasteiger partial charge in [0.1, 0.15) is 4.90 Å². The van der Waals surface area contributed by atoms with Crippen molar-refractivity contribution in [3.63, 3.8) is 0 Å². The fourth-order valence-electron chi connectivity index (χ4n) is 1.96. The molecule has 1 unspecified atom stereocenters. The summed E-state index contributed by atoms with van der Waals surface area (Å²) in [5.41, 5.74) is 0. The van der Waals surface area contributed by atoms with Crippen LogP contribution in [-0.2, 0) is 21.3 Å². The summed E-state index contributed by atoms with van der Waals surface area (Å²) in [5, 5.41) is 12.7. The van der Waals surface area contributed by atoms with Crippen LogP contribution in [0.25, 0.3) is 0 Å². The Hall–Kier alpha value is -0.960. The van der Waals surface area contributed by atoms with Gasteiger partial charge in [0.2, 0.25) is 10.0 Å². The number of sulfonamides is 1. The smallest absolute Gasteiger partial charge is 0.246 e. The van der Waals surface area contributed by atoms with Crippen LogP contribution in [0.15, 0.2) is 17.3 Å². The molecule has 0 aliphatic carbocycles. The number of ether oxygens (including phenoxy) is 1. The molecule has 1 aliphatic rings. The topological polar surface area (TPSA) is 84.7 Å². The van der Waals surface area contributed by atoms with Gasteiger partial charge in [-0.2, -0.15) is 9.40 Å². The van der Waals surface area contributed by atoms with E-state index in [9.17, 15) is 8.42 Å². The van der Waals surface area contributed by atoms with E-state index in [1.807, 2.05) is 0 Å². The first-order valence-electron chi connectivity index (χ1n) is 5.74. The molecule has 0 spiro atoms. The van der Waals surface area contributed by atoms with Gasteiger partial charge in [0.15, 0.2) is 0 Å². The highest BCUT2D eigenvalue weighted by atomic mass is 32.2. The molecular formula is C10H17N3O4S. The van der Waals surface area contributed by atoms with E-state index >= 15 is 0 Å². The van der Waals surface area contributed by atoms with Crippen LogP contribution in [0.1, 0.15) is 6.42 Å². The van der Waals surface area contributed by atoms with E-state index in [0.717, 1.165) is 0 Å². The molecule has 1 fully saturated rings. The van der Waals surface area contributed by atoms with Crippen molar-refractivity contribution in [2.45, 2.75) is 24.0 Å². The number of hydrogen-bond acceptors (Lipinski definition) is 5. The Morgan fingerprint density at radius 2 is 2.39 bits per heavy atom. The Kier molecular flexibility index (Phi) is 4.00. The molecule has 2 heterocycles. The van der Waals surface area contributed by atoms with E-state index in [1.54, 1.807) is 7.11 Å². The molecule has 1 aromatic rings. The average Bonchev–Trinajstić information content (AvgIpc) is 2.98. The molecule has 1 saturated heterocycles. The molecule has 7 nitrogen and oxygen atoms in total. The highest BCUT2D eigenvalue weighted by Gasteiger charge is 2.33. The van der Waals surface area contributed by atoms with E-state index in [0.29, 0.717) is 19.5 Å². The van der Waals surface area contributed by atoms with Gasteiger partial charge in [-0.1, -0.05) is 0 Å². The number of rotatable bonds is 5. The Morgan fingerprint density at radius 3 is 3.00 bits per heavy atom. The summed E-state index contributed by atoms with van der Waals surface area (Å²) in [4.78, 5) is 0.160. The quantitative estimate of drug-likeness (QED) is 0.767. The van der Waals surface area contributed by atoms with Crippen molar-refractivity contribution < 1.29 is 18.3 Å². The molecular weight excluding hydrogens is 258 g/mol. The van der Waals surface area contributed by atoms with Gasteiger partial charge >= 0.3 is 0 Å². The van der Waals surface area contributed by atoms with E-state index in [-0.39, 0.29) is 24.2 Å². The average molecular weight is 275 g/mol. The molecule has 18 heavy (non-hydrogen) atoms. The minimum Gasteiger partial charge on any atom is -0.394 e. The van der Waals surface area contributed by atoms with Crippen molar-refractivity contribution in [1.82, 2.24) is 14.1 Å². The normalized spacial score (nSPS) is 21.6. The summed E-state index contributed by atoms with van der Waals surface area (Å²) < 4.78 is 32.5.